The zero-order valence-corrected chi connectivity index (χ0v) is 22.6. The molecule has 0 saturated carbocycles. The van der Waals surface area contributed by atoms with Gasteiger partial charge in [-0.3, -0.25) is 14.9 Å². The number of carbonyl (C=O) groups is 3. The Morgan fingerprint density at radius 2 is 1.51 bits per heavy atom. The maximum atomic E-state index is 13.3. The van der Waals surface area contributed by atoms with E-state index >= 15 is 0 Å². The van der Waals surface area contributed by atoms with E-state index in [0.717, 1.165) is 16.0 Å². The van der Waals surface area contributed by atoms with E-state index in [0.29, 0.717) is 17.9 Å². The number of imide groups is 2. The molecule has 1 heterocycles. The van der Waals surface area contributed by atoms with Gasteiger partial charge >= 0.3 is 16.1 Å². The summed E-state index contributed by atoms with van der Waals surface area (Å²) in [5.41, 5.74) is 2.12. The molecule has 1 aliphatic rings. The molecule has 0 atom stereocenters. The second-order valence-electron chi connectivity index (χ2n) is 9.15. The summed E-state index contributed by atoms with van der Waals surface area (Å²) in [5.74, 6) is -1.19. The maximum Gasteiger partial charge on any atom is 0.339 e. The van der Waals surface area contributed by atoms with Gasteiger partial charge in [-0.2, -0.15) is 8.42 Å². The molecule has 4 aromatic carbocycles. The highest BCUT2D eigenvalue weighted by Crippen LogP contribution is 2.26. The van der Waals surface area contributed by atoms with Crippen molar-refractivity contribution in [3.63, 3.8) is 0 Å². The van der Waals surface area contributed by atoms with Crippen LogP contribution in [0.15, 0.2) is 114 Å². The number of carbonyl (C=O) groups excluding carboxylic acids is 3. The molecule has 0 aromatic heterocycles. The van der Waals surface area contributed by atoms with Crippen LogP contribution in [0.3, 0.4) is 0 Å². The monoisotopic (exact) mass is 568 g/mol. The van der Waals surface area contributed by atoms with Crippen LogP contribution < -0.4 is 19.1 Å². The molecule has 5 rings (SSSR count). The van der Waals surface area contributed by atoms with Crippen LogP contribution in [0.4, 0.5) is 10.5 Å². The first-order chi connectivity index (χ1) is 19.7. The number of amides is 4. The van der Waals surface area contributed by atoms with Crippen molar-refractivity contribution in [1.29, 1.82) is 0 Å². The molecule has 9 nitrogen and oxygen atoms in total. The second-order valence-corrected chi connectivity index (χ2v) is 10.7. The van der Waals surface area contributed by atoms with Crippen LogP contribution in [0.2, 0.25) is 0 Å². The Balaban J connectivity index is 1.34. The molecule has 0 unspecified atom stereocenters. The van der Waals surface area contributed by atoms with Gasteiger partial charge in [-0.25, -0.2) is 9.69 Å². The zero-order valence-electron chi connectivity index (χ0n) is 21.8. The Morgan fingerprint density at radius 3 is 2.22 bits per heavy atom. The fourth-order valence-electron chi connectivity index (χ4n) is 4.03. The fourth-order valence-corrected chi connectivity index (χ4v) is 4.95. The van der Waals surface area contributed by atoms with E-state index in [1.54, 1.807) is 30.3 Å². The highest BCUT2D eigenvalue weighted by molar-refractivity contribution is 7.87. The number of aryl methyl sites for hydroxylation is 1. The number of urea groups is 1. The van der Waals surface area contributed by atoms with Crippen molar-refractivity contribution in [2.24, 2.45) is 0 Å². The predicted molar refractivity (Wildman–Crippen MR) is 152 cm³/mol. The van der Waals surface area contributed by atoms with Crippen molar-refractivity contribution in [2.75, 3.05) is 4.90 Å². The lowest BCUT2D eigenvalue weighted by atomic mass is 10.1. The summed E-state index contributed by atoms with van der Waals surface area (Å²) in [4.78, 5) is 39.3. The molecule has 1 saturated heterocycles. The summed E-state index contributed by atoms with van der Waals surface area (Å²) < 4.78 is 36.4. The fraction of sp³-hybridized carbons (Fsp3) is 0.0645. The topological polar surface area (TPSA) is 119 Å². The lowest BCUT2D eigenvalue weighted by Gasteiger charge is -2.26. The summed E-state index contributed by atoms with van der Waals surface area (Å²) in [6, 6.07) is 27.1. The number of ether oxygens (including phenoxy) is 1. The van der Waals surface area contributed by atoms with Crippen molar-refractivity contribution in [3.05, 3.63) is 125 Å². The van der Waals surface area contributed by atoms with E-state index < -0.39 is 28.0 Å². The van der Waals surface area contributed by atoms with Crippen molar-refractivity contribution >= 4 is 39.7 Å². The first-order valence-electron chi connectivity index (χ1n) is 12.5. The summed E-state index contributed by atoms with van der Waals surface area (Å²) in [6.45, 7) is 2.18. The molecule has 1 fully saturated rings. The molecule has 10 heteroatoms. The van der Waals surface area contributed by atoms with Crippen LogP contribution in [-0.2, 0) is 26.3 Å². The average molecular weight is 569 g/mol. The van der Waals surface area contributed by atoms with E-state index in [2.05, 4.69) is 5.32 Å². The van der Waals surface area contributed by atoms with E-state index in [1.807, 2.05) is 37.3 Å². The minimum Gasteiger partial charge on any atom is -0.489 e. The molecule has 4 amide bonds. The number of nitrogens with zero attached hydrogens (tertiary/aromatic N) is 1. The van der Waals surface area contributed by atoms with Gasteiger partial charge in [0.25, 0.3) is 11.8 Å². The van der Waals surface area contributed by atoms with Crippen molar-refractivity contribution in [1.82, 2.24) is 5.32 Å². The van der Waals surface area contributed by atoms with E-state index in [-0.39, 0.29) is 21.9 Å². The summed E-state index contributed by atoms with van der Waals surface area (Å²) in [5, 5.41) is 2.17. The van der Waals surface area contributed by atoms with Crippen LogP contribution in [0, 0.1) is 6.92 Å². The third kappa shape index (κ3) is 6.34. The summed E-state index contributed by atoms with van der Waals surface area (Å²) >= 11 is 0. The highest BCUT2D eigenvalue weighted by Gasteiger charge is 2.36. The Kier molecular flexibility index (Phi) is 7.66. The molecular weight excluding hydrogens is 544 g/mol. The molecule has 0 spiro atoms. The molecule has 41 heavy (non-hydrogen) atoms. The van der Waals surface area contributed by atoms with E-state index in [4.69, 9.17) is 8.92 Å². The van der Waals surface area contributed by atoms with Gasteiger partial charge in [0.2, 0.25) is 0 Å². The second kappa shape index (κ2) is 11.5. The van der Waals surface area contributed by atoms with Gasteiger partial charge in [-0.05, 0) is 72.7 Å². The number of rotatable bonds is 8. The predicted octanol–water partition coefficient (Wildman–Crippen LogP) is 5.01. The maximum absolute atomic E-state index is 13.3. The third-order valence-corrected chi connectivity index (χ3v) is 7.39. The molecule has 0 aliphatic carbocycles. The third-order valence-electron chi connectivity index (χ3n) is 6.13. The van der Waals surface area contributed by atoms with Gasteiger partial charge < -0.3 is 8.92 Å². The smallest absolute Gasteiger partial charge is 0.339 e. The van der Waals surface area contributed by atoms with Crippen molar-refractivity contribution < 1.29 is 31.7 Å². The molecule has 0 bridgehead atoms. The van der Waals surface area contributed by atoms with E-state index in [9.17, 15) is 22.8 Å². The first kappa shape index (κ1) is 27.4. The van der Waals surface area contributed by atoms with Crippen LogP contribution in [0.5, 0.6) is 11.5 Å². The number of anilines is 1. The minimum atomic E-state index is -4.11. The number of hydrogen-bond acceptors (Lipinski definition) is 7. The Bertz CT molecular complexity index is 1750. The summed E-state index contributed by atoms with van der Waals surface area (Å²) in [7, 11) is -4.11. The number of hydrogen-bond donors (Lipinski definition) is 1. The lowest BCUT2D eigenvalue weighted by molar-refractivity contribution is -0.122. The average Bonchev–Trinajstić information content (AvgIpc) is 2.95. The standard InChI is InChI=1S/C31H24N2O7S/c1-21-10-16-27(17-11-21)41(37,38)40-26-9-5-8-23(18-26)19-28-29(34)32-31(36)33(30(28)35)24-12-14-25(15-13-24)39-20-22-6-3-2-4-7-22/h2-19H,20H2,1H3,(H,32,34,36)/b28-19-. The van der Waals surface area contributed by atoms with Gasteiger partial charge in [-0.1, -0.05) is 60.2 Å². The Labute approximate surface area is 236 Å². The van der Waals surface area contributed by atoms with Crippen LogP contribution in [0.1, 0.15) is 16.7 Å². The van der Waals surface area contributed by atoms with Gasteiger partial charge in [0, 0.05) is 0 Å². The Morgan fingerprint density at radius 1 is 0.805 bits per heavy atom. The summed E-state index contributed by atoms with van der Waals surface area (Å²) in [6.07, 6.45) is 1.26. The van der Waals surface area contributed by atoms with Crippen molar-refractivity contribution in [3.8, 4) is 11.5 Å². The normalized spacial score (nSPS) is 14.6. The van der Waals surface area contributed by atoms with Crippen LogP contribution >= 0.6 is 0 Å². The molecule has 1 aliphatic heterocycles. The number of nitrogens with one attached hydrogen (secondary N) is 1. The lowest BCUT2D eigenvalue weighted by Crippen LogP contribution is -2.54. The largest absolute Gasteiger partial charge is 0.489 e. The van der Waals surface area contributed by atoms with Gasteiger partial charge in [-0.15, -0.1) is 0 Å². The van der Waals surface area contributed by atoms with Gasteiger partial charge in [0.15, 0.2) is 0 Å². The number of benzene rings is 4. The van der Waals surface area contributed by atoms with Gasteiger partial charge in [0.1, 0.15) is 28.6 Å². The molecule has 0 radical (unpaired) electrons. The molecular formula is C31H24N2O7S. The number of barbiturate groups is 1. The van der Waals surface area contributed by atoms with E-state index in [1.165, 1.54) is 48.5 Å². The minimum absolute atomic E-state index is 0.0115. The quantitative estimate of drug-likeness (QED) is 0.180. The molecule has 1 N–H and O–H groups in total. The molecule has 4 aromatic rings. The Hall–Kier alpha value is -5.22. The SMILES string of the molecule is Cc1ccc(S(=O)(=O)Oc2cccc(/C=C3/C(=O)NC(=O)N(c4ccc(OCc5ccccc5)cc4)C3=O)c2)cc1. The molecule has 206 valence electrons. The highest BCUT2D eigenvalue weighted by atomic mass is 32.2. The van der Waals surface area contributed by atoms with Crippen LogP contribution in [0.25, 0.3) is 6.08 Å². The first-order valence-corrected chi connectivity index (χ1v) is 13.9. The zero-order chi connectivity index (χ0) is 29.0. The van der Waals surface area contributed by atoms with Crippen molar-refractivity contribution in [2.45, 2.75) is 18.4 Å². The van der Waals surface area contributed by atoms with Gasteiger partial charge in [0.05, 0.1) is 5.69 Å². The van der Waals surface area contributed by atoms with Crippen LogP contribution in [-0.4, -0.2) is 26.3 Å².